The van der Waals surface area contributed by atoms with E-state index in [0.717, 1.165) is 0 Å². The van der Waals surface area contributed by atoms with Crippen molar-refractivity contribution < 1.29 is 27.9 Å². The number of alkyl halides is 3. The first-order valence-corrected chi connectivity index (χ1v) is 2.02. The molecule has 6 heteroatoms. The van der Waals surface area contributed by atoms with Crippen LogP contribution < -0.4 is 0 Å². The first-order valence-electron chi connectivity index (χ1n) is 2.02. The topological polar surface area (TPSA) is 54.4 Å². The smallest absolute Gasteiger partial charge is 0.444 e. The summed E-state index contributed by atoms with van der Waals surface area (Å²) < 4.78 is 34.0. The first-order chi connectivity index (χ1) is 4.39. The lowest BCUT2D eigenvalue weighted by Crippen LogP contribution is -2.29. The monoisotopic (exact) mass is 155 g/mol. The Labute approximate surface area is 53.4 Å². The van der Waals surface area contributed by atoms with E-state index in [0.29, 0.717) is 0 Å². The number of rotatable bonds is 2. The molecule has 0 aromatic rings. The average Bonchev–Trinajstić information content (AvgIpc) is 1.60. The molecule has 0 aliphatic heterocycles. The number of halogens is 3. The molecule has 0 aliphatic carbocycles. The van der Waals surface area contributed by atoms with E-state index in [1.54, 1.807) is 0 Å². The summed E-state index contributed by atoms with van der Waals surface area (Å²) >= 11 is 0. The molecular weight excluding hydrogens is 153 g/mol. The highest BCUT2D eigenvalue weighted by Crippen LogP contribution is 2.26. The number of aliphatic carboxylic acids is 1. The zero-order chi connectivity index (χ0) is 8.36. The SMILES string of the molecule is O=C[C+](C(=O)O)C(F)(F)F. The van der Waals surface area contributed by atoms with E-state index in [1.807, 2.05) is 0 Å². The second-order valence-electron chi connectivity index (χ2n) is 1.33. The fraction of sp³-hybridized carbons (Fsp3) is 0.250. The van der Waals surface area contributed by atoms with Crippen molar-refractivity contribution in [3.8, 4) is 0 Å². The van der Waals surface area contributed by atoms with Crippen LogP contribution in [-0.2, 0) is 9.59 Å². The zero-order valence-corrected chi connectivity index (χ0v) is 4.47. The van der Waals surface area contributed by atoms with Crippen LogP contribution in [0.15, 0.2) is 0 Å². The summed E-state index contributed by atoms with van der Waals surface area (Å²) in [4.78, 5) is 19.0. The van der Waals surface area contributed by atoms with Crippen LogP contribution in [-0.4, -0.2) is 23.5 Å². The van der Waals surface area contributed by atoms with Crippen molar-refractivity contribution in [2.75, 3.05) is 0 Å². The van der Waals surface area contributed by atoms with Crippen LogP contribution in [0.25, 0.3) is 0 Å². The molecule has 0 spiro atoms. The summed E-state index contributed by atoms with van der Waals surface area (Å²) in [6.07, 6.45) is -5.80. The number of aldehydes is 1. The van der Waals surface area contributed by atoms with Crippen LogP contribution in [0.1, 0.15) is 0 Å². The Hall–Kier alpha value is -1.20. The third-order valence-corrected chi connectivity index (χ3v) is 0.654. The molecule has 1 N–H and O–H groups in total. The van der Waals surface area contributed by atoms with E-state index in [9.17, 15) is 22.8 Å². The average molecular weight is 155 g/mol. The molecule has 0 rings (SSSR count). The van der Waals surface area contributed by atoms with Crippen LogP contribution in [0, 0.1) is 5.92 Å². The summed E-state index contributed by atoms with van der Waals surface area (Å²) in [5.74, 6) is -4.35. The third-order valence-electron chi connectivity index (χ3n) is 0.654. The van der Waals surface area contributed by atoms with Crippen molar-refractivity contribution in [1.82, 2.24) is 0 Å². The number of carboxylic acid groups (broad SMARTS) is 1. The lowest BCUT2D eigenvalue weighted by molar-refractivity contribution is -0.157. The van der Waals surface area contributed by atoms with Gasteiger partial charge in [-0.05, 0) is 0 Å². The van der Waals surface area contributed by atoms with Gasteiger partial charge in [0.2, 0.25) is 0 Å². The van der Waals surface area contributed by atoms with E-state index >= 15 is 0 Å². The van der Waals surface area contributed by atoms with Gasteiger partial charge in [0.15, 0.2) is 0 Å². The summed E-state index contributed by atoms with van der Waals surface area (Å²) in [5.41, 5.74) is 0. The van der Waals surface area contributed by atoms with Gasteiger partial charge < -0.3 is 5.11 Å². The maximum Gasteiger partial charge on any atom is 0.574 e. The Morgan fingerprint density at radius 3 is 1.90 bits per heavy atom. The second kappa shape index (κ2) is 2.59. The number of hydrogen-bond donors (Lipinski definition) is 1. The highest BCUT2D eigenvalue weighted by Gasteiger charge is 2.60. The molecule has 0 saturated carbocycles. The Morgan fingerprint density at radius 1 is 1.50 bits per heavy atom. The third kappa shape index (κ3) is 1.96. The van der Waals surface area contributed by atoms with Crippen molar-refractivity contribution in [3.05, 3.63) is 5.92 Å². The molecule has 0 atom stereocenters. The molecule has 0 aromatic carbocycles. The number of hydrogen-bond acceptors (Lipinski definition) is 2. The van der Waals surface area contributed by atoms with Crippen molar-refractivity contribution in [1.29, 1.82) is 0 Å². The number of carbonyl (C=O) groups excluding carboxylic acids is 1. The van der Waals surface area contributed by atoms with Gasteiger partial charge in [-0.2, -0.15) is 4.79 Å². The first kappa shape index (κ1) is 8.80. The molecule has 56 valence electrons. The Kier molecular flexibility index (Phi) is 2.28. The van der Waals surface area contributed by atoms with Gasteiger partial charge in [-0.25, -0.2) is 4.79 Å². The van der Waals surface area contributed by atoms with Gasteiger partial charge in [-0.1, -0.05) is 0 Å². The van der Waals surface area contributed by atoms with Gasteiger partial charge in [0.05, 0.1) is 0 Å². The molecule has 0 radical (unpaired) electrons. The molecule has 0 heterocycles. The fourth-order valence-corrected chi connectivity index (χ4v) is 0.238. The van der Waals surface area contributed by atoms with Crippen molar-refractivity contribution in [2.24, 2.45) is 0 Å². The molecule has 0 aliphatic rings. The maximum absolute atomic E-state index is 11.3. The molecule has 0 fully saturated rings. The minimum absolute atomic E-state index is 0.734. The molecule has 0 amide bonds. The number of carbonyl (C=O) groups is 2. The van der Waals surface area contributed by atoms with Gasteiger partial charge in [0.1, 0.15) is 0 Å². The van der Waals surface area contributed by atoms with E-state index in [4.69, 9.17) is 5.11 Å². The lowest BCUT2D eigenvalue weighted by Gasteiger charge is -1.94. The van der Waals surface area contributed by atoms with Gasteiger partial charge >= 0.3 is 24.3 Å². The van der Waals surface area contributed by atoms with Crippen molar-refractivity contribution in [2.45, 2.75) is 6.18 Å². The Balaban J connectivity index is 4.36. The van der Waals surface area contributed by atoms with Crippen LogP contribution in [0.5, 0.6) is 0 Å². The lowest BCUT2D eigenvalue weighted by atomic mass is 10.2. The zero-order valence-electron chi connectivity index (χ0n) is 4.47. The Bertz CT molecular complexity index is 150. The molecule has 0 bridgehead atoms. The fourth-order valence-electron chi connectivity index (χ4n) is 0.238. The summed E-state index contributed by atoms with van der Waals surface area (Å²) in [6.45, 7) is 0. The van der Waals surface area contributed by atoms with Gasteiger partial charge in [0, 0.05) is 0 Å². The Morgan fingerprint density at radius 2 is 1.90 bits per heavy atom. The molecule has 0 aromatic heterocycles. The van der Waals surface area contributed by atoms with Gasteiger partial charge in [-0.15, -0.1) is 13.2 Å². The predicted octanol–water partition coefficient (Wildman–Crippen LogP) is 0.407. The molecule has 3 nitrogen and oxygen atoms in total. The van der Waals surface area contributed by atoms with E-state index in [1.165, 1.54) is 0 Å². The minimum Gasteiger partial charge on any atom is -0.444 e. The van der Waals surface area contributed by atoms with Crippen LogP contribution in [0.2, 0.25) is 0 Å². The maximum atomic E-state index is 11.3. The molecule has 0 unspecified atom stereocenters. The summed E-state index contributed by atoms with van der Waals surface area (Å²) in [7, 11) is 0. The summed E-state index contributed by atoms with van der Waals surface area (Å²) in [6, 6.07) is 0. The largest absolute Gasteiger partial charge is 0.574 e. The number of carboxylic acids is 1. The standard InChI is InChI=1S/C4HF3O3/c5-4(6,7)2(1-8)3(9)10/h1H/p+1. The van der Waals surface area contributed by atoms with Gasteiger partial charge in [-0.3, -0.25) is 0 Å². The predicted molar refractivity (Wildman–Crippen MR) is 23.0 cm³/mol. The summed E-state index contributed by atoms with van der Waals surface area (Å²) in [5, 5.41) is 7.72. The van der Waals surface area contributed by atoms with Crippen molar-refractivity contribution >= 4 is 12.3 Å². The van der Waals surface area contributed by atoms with Crippen molar-refractivity contribution in [3.63, 3.8) is 0 Å². The van der Waals surface area contributed by atoms with Crippen LogP contribution in [0.3, 0.4) is 0 Å². The normalized spacial score (nSPS) is 10.7. The second-order valence-corrected chi connectivity index (χ2v) is 1.33. The van der Waals surface area contributed by atoms with Crippen LogP contribution in [0.4, 0.5) is 13.2 Å². The van der Waals surface area contributed by atoms with E-state index < -0.39 is 24.3 Å². The van der Waals surface area contributed by atoms with Crippen LogP contribution >= 0.6 is 0 Å². The molecule has 0 saturated heterocycles. The molecular formula is C4H2F3O3+. The quantitative estimate of drug-likeness (QED) is 0.357. The minimum atomic E-state index is -5.06. The highest BCUT2D eigenvalue weighted by molar-refractivity contribution is 6.03. The molecule has 10 heavy (non-hydrogen) atoms. The van der Waals surface area contributed by atoms with Gasteiger partial charge in [0.25, 0.3) is 0 Å². The van der Waals surface area contributed by atoms with E-state index in [-0.39, 0.29) is 0 Å². The van der Waals surface area contributed by atoms with E-state index in [2.05, 4.69) is 0 Å². The highest BCUT2D eigenvalue weighted by atomic mass is 19.4.